The smallest absolute Gasteiger partial charge is 0.187 e. The fraction of sp³-hybridized carbons (Fsp3) is 0.375. The number of nitrogens with zero attached hydrogens (tertiary/aromatic N) is 2. The Morgan fingerprint density at radius 1 is 1.10 bits per heavy atom. The van der Waals surface area contributed by atoms with Crippen molar-refractivity contribution in [1.29, 1.82) is 0 Å². The maximum Gasteiger partial charge on any atom is 0.187 e. The van der Waals surface area contributed by atoms with E-state index in [1.807, 2.05) is 18.6 Å². The summed E-state index contributed by atoms with van der Waals surface area (Å²) < 4.78 is 0. The van der Waals surface area contributed by atoms with Gasteiger partial charge in [0.2, 0.25) is 0 Å². The maximum atomic E-state index is 4.28. The molecule has 0 amide bonds. The highest BCUT2D eigenvalue weighted by atomic mass is 32.2. The monoisotopic (exact) mass is 287 g/mol. The van der Waals surface area contributed by atoms with E-state index in [9.17, 15) is 0 Å². The summed E-state index contributed by atoms with van der Waals surface area (Å²) in [5.41, 5.74) is 2.53. The minimum absolute atomic E-state index is 0.482. The van der Waals surface area contributed by atoms with Gasteiger partial charge in [0, 0.05) is 30.5 Å². The van der Waals surface area contributed by atoms with E-state index in [4.69, 9.17) is 0 Å². The second-order valence-electron chi connectivity index (χ2n) is 4.88. The highest BCUT2D eigenvalue weighted by molar-refractivity contribution is 7.98. The largest absolute Gasteiger partial charge is 0.310 e. The standard InChI is InChI=1S/C16H21N3S/c1-13(8-9-14-6-4-3-5-7-14)17-10-15-11-18-16(20-2)19-12-15/h3-7,11-13,17H,8-10H2,1-2H3. The van der Waals surface area contributed by atoms with Gasteiger partial charge in [-0.2, -0.15) is 0 Å². The minimum Gasteiger partial charge on any atom is -0.310 e. The molecule has 0 saturated heterocycles. The zero-order valence-electron chi connectivity index (χ0n) is 12.0. The molecular formula is C16H21N3S. The van der Waals surface area contributed by atoms with Crippen LogP contribution < -0.4 is 5.32 Å². The summed E-state index contributed by atoms with van der Waals surface area (Å²) in [6.07, 6.45) is 8.02. The van der Waals surface area contributed by atoms with Crippen LogP contribution in [0.2, 0.25) is 0 Å². The molecular weight excluding hydrogens is 266 g/mol. The highest BCUT2D eigenvalue weighted by Gasteiger charge is 2.03. The Kier molecular flexibility index (Phi) is 6.02. The molecule has 0 aliphatic heterocycles. The lowest BCUT2D eigenvalue weighted by Gasteiger charge is -2.13. The molecule has 0 aliphatic rings. The molecule has 1 N–H and O–H groups in total. The molecule has 0 saturated carbocycles. The Morgan fingerprint density at radius 3 is 2.45 bits per heavy atom. The lowest BCUT2D eigenvalue weighted by Crippen LogP contribution is -2.26. The number of benzene rings is 1. The van der Waals surface area contributed by atoms with E-state index >= 15 is 0 Å². The molecule has 0 spiro atoms. The molecule has 20 heavy (non-hydrogen) atoms. The molecule has 1 aromatic carbocycles. The number of aryl methyl sites for hydroxylation is 1. The van der Waals surface area contributed by atoms with Gasteiger partial charge in [0.25, 0.3) is 0 Å². The molecule has 0 aliphatic carbocycles. The van der Waals surface area contributed by atoms with Crippen molar-refractivity contribution in [3.63, 3.8) is 0 Å². The quantitative estimate of drug-likeness (QED) is 0.626. The zero-order valence-corrected chi connectivity index (χ0v) is 12.9. The minimum atomic E-state index is 0.482. The number of thioether (sulfide) groups is 1. The summed E-state index contributed by atoms with van der Waals surface area (Å²) in [6.45, 7) is 3.05. The van der Waals surface area contributed by atoms with E-state index in [2.05, 4.69) is 52.5 Å². The van der Waals surface area contributed by atoms with Crippen LogP contribution in [-0.4, -0.2) is 22.3 Å². The molecule has 106 valence electrons. The van der Waals surface area contributed by atoms with Crippen LogP contribution in [0.5, 0.6) is 0 Å². The van der Waals surface area contributed by atoms with Crippen molar-refractivity contribution >= 4 is 11.8 Å². The van der Waals surface area contributed by atoms with Crippen molar-refractivity contribution < 1.29 is 0 Å². The first kappa shape index (κ1) is 15.0. The van der Waals surface area contributed by atoms with Gasteiger partial charge in [-0.05, 0) is 31.6 Å². The topological polar surface area (TPSA) is 37.8 Å². The number of nitrogens with one attached hydrogen (secondary N) is 1. The zero-order chi connectivity index (χ0) is 14.2. The molecule has 1 unspecified atom stereocenters. The lowest BCUT2D eigenvalue weighted by atomic mass is 10.1. The Morgan fingerprint density at radius 2 is 1.80 bits per heavy atom. The number of hydrogen-bond acceptors (Lipinski definition) is 4. The van der Waals surface area contributed by atoms with Crippen LogP contribution in [0.3, 0.4) is 0 Å². The lowest BCUT2D eigenvalue weighted by molar-refractivity contribution is 0.512. The van der Waals surface area contributed by atoms with Gasteiger partial charge < -0.3 is 5.32 Å². The molecule has 0 radical (unpaired) electrons. The van der Waals surface area contributed by atoms with Gasteiger partial charge in [-0.1, -0.05) is 42.1 Å². The van der Waals surface area contributed by atoms with Crippen molar-refractivity contribution in [2.45, 2.75) is 37.5 Å². The van der Waals surface area contributed by atoms with E-state index in [1.54, 1.807) is 11.8 Å². The molecule has 1 heterocycles. The molecule has 0 fully saturated rings. The van der Waals surface area contributed by atoms with E-state index in [1.165, 1.54) is 5.56 Å². The fourth-order valence-corrected chi connectivity index (χ4v) is 2.28. The number of aromatic nitrogens is 2. The Labute approximate surface area is 125 Å². The van der Waals surface area contributed by atoms with Crippen molar-refractivity contribution in [1.82, 2.24) is 15.3 Å². The van der Waals surface area contributed by atoms with Crippen LogP contribution in [0.1, 0.15) is 24.5 Å². The third kappa shape index (κ3) is 4.94. The fourth-order valence-electron chi connectivity index (χ4n) is 1.96. The van der Waals surface area contributed by atoms with Crippen molar-refractivity contribution in [3.8, 4) is 0 Å². The first-order valence-electron chi connectivity index (χ1n) is 6.90. The predicted octanol–water partition coefficient (Wildman–Crippen LogP) is 3.31. The average molecular weight is 287 g/mol. The van der Waals surface area contributed by atoms with Crippen LogP contribution in [-0.2, 0) is 13.0 Å². The van der Waals surface area contributed by atoms with Crippen LogP contribution in [0.4, 0.5) is 0 Å². The van der Waals surface area contributed by atoms with Gasteiger partial charge in [-0.25, -0.2) is 9.97 Å². The van der Waals surface area contributed by atoms with Gasteiger partial charge in [-0.3, -0.25) is 0 Å². The molecule has 0 bridgehead atoms. The van der Waals surface area contributed by atoms with E-state index in [0.717, 1.165) is 30.1 Å². The SMILES string of the molecule is CSc1ncc(CNC(C)CCc2ccccc2)cn1. The summed E-state index contributed by atoms with van der Waals surface area (Å²) in [4.78, 5) is 8.56. The van der Waals surface area contributed by atoms with Crippen LogP contribution in [0, 0.1) is 0 Å². The van der Waals surface area contributed by atoms with Gasteiger partial charge in [0.1, 0.15) is 0 Å². The number of hydrogen-bond donors (Lipinski definition) is 1. The maximum absolute atomic E-state index is 4.28. The predicted molar refractivity (Wildman–Crippen MR) is 84.9 cm³/mol. The Hall–Kier alpha value is -1.39. The van der Waals surface area contributed by atoms with E-state index in [0.29, 0.717) is 6.04 Å². The van der Waals surface area contributed by atoms with Gasteiger partial charge >= 0.3 is 0 Å². The summed E-state index contributed by atoms with van der Waals surface area (Å²) in [6, 6.07) is 11.1. The van der Waals surface area contributed by atoms with E-state index in [-0.39, 0.29) is 0 Å². The third-order valence-corrected chi connectivity index (χ3v) is 3.80. The second-order valence-corrected chi connectivity index (χ2v) is 5.66. The normalized spacial score (nSPS) is 12.3. The summed E-state index contributed by atoms with van der Waals surface area (Å²) in [5.74, 6) is 0. The van der Waals surface area contributed by atoms with Crippen LogP contribution in [0.15, 0.2) is 47.9 Å². The average Bonchev–Trinajstić information content (AvgIpc) is 2.52. The summed E-state index contributed by atoms with van der Waals surface area (Å²) >= 11 is 1.57. The molecule has 2 aromatic rings. The first-order valence-corrected chi connectivity index (χ1v) is 8.12. The van der Waals surface area contributed by atoms with Gasteiger partial charge in [0.15, 0.2) is 5.16 Å². The van der Waals surface area contributed by atoms with Crippen molar-refractivity contribution in [2.75, 3.05) is 6.26 Å². The van der Waals surface area contributed by atoms with Gasteiger partial charge in [-0.15, -0.1) is 0 Å². The van der Waals surface area contributed by atoms with Crippen molar-refractivity contribution in [3.05, 3.63) is 53.9 Å². The van der Waals surface area contributed by atoms with E-state index < -0.39 is 0 Å². The van der Waals surface area contributed by atoms with Gasteiger partial charge in [0.05, 0.1) is 0 Å². The summed E-state index contributed by atoms with van der Waals surface area (Å²) in [5, 5.41) is 4.34. The highest BCUT2D eigenvalue weighted by Crippen LogP contribution is 2.08. The summed E-state index contributed by atoms with van der Waals surface area (Å²) in [7, 11) is 0. The van der Waals surface area contributed by atoms with Crippen LogP contribution in [0.25, 0.3) is 0 Å². The van der Waals surface area contributed by atoms with Crippen molar-refractivity contribution in [2.24, 2.45) is 0 Å². The molecule has 3 nitrogen and oxygen atoms in total. The first-order chi connectivity index (χ1) is 9.78. The Balaban J connectivity index is 1.73. The molecule has 1 aromatic heterocycles. The molecule has 4 heteroatoms. The molecule has 2 rings (SSSR count). The second kappa shape index (κ2) is 8.02. The Bertz CT molecular complexity index is 499. The molecule has 1 atom stereocenters. The number of rotatable bonds is 7. The third-order valence-electron chi connectivity index (χ3n) is 3.23. The van der Waals surface area contributed by atoms with Crippen LogP contribution >= 0.6 is 11.8 Å².